The molecule has 13 heteroatoms. The predicted molar refractivity (Wildman–Crippen MR) is 101 cm³/mol. The molecule has 0 aromatic carbocycles. The highest BCUT2D eigenvalue weighted by Gasteiger charge is 2.27. The van der Waals surface area contributed by atoms with Crippen molar-refractivity contribution in [1.82, 2.24) is 16.0 Å². The zero-order valence-electron chi connectivity index (χ0n) is 16.2. The molecular weight excluding hydrogens is 388 g/mol. The summed E-state index contributed by atoms with van der Waals surface area (Å²) < 4.78 is 0. The van der Waals surface area contributed by atoms with Crippen molar-refractivity contribution in [3.05, 3.63) is 0 Å². The number of nitrogens with two attached hydrogens (primary N) is 3. The number of primary amides is 1. The van der Waals surface area contributed by atoms with Gasteiger partial charge in [0.2, 0.25) is 23.6 Å². The molecule has 0 radical (unpaired) electrons. The first kappa shape index (κ1) is 26.2. The number of unbranched alkanes of at least 4 members (excludes halogenated alkanes) is 1. The monoisotopic (exact) mass is 418 g/mol. The number of hydrogen-bond acceptors (Lipinski definition) is 8. The van der Waals surface area contributed by atoms with Gasteiger partial charge < -0.3 is 43.4 Å². The van der Waals surface area contributed by atoms with E-state index in [2.05, 4.69) is 16.0 Å². The molecule has 0 bridgehead atoms. The zero-order chi connectivity index (χ0) is 22.6. The number of amides is 4. The maximum absolute atomic E-state index is 12.4. The second-order valence-corrected chi connectivity index (χ2v) is 6.46. The van der Waals surface area contributed by atoms with Crippen molar-refractivity contribution in [2.45, 2.75) is 56.8 Å². The van der Waals surface area contributed by atoms with Gasteiger partial charge in [0.25, 0.3) is 0 Å². The van der Waals surface area contributed by atoms with Crippen molar-refractivity contribution >= 4 is 29.6 Å². The van der Waals surface area contributed by atoms with E-state index in [0.717, 1.165) is 0 Å². The summed E-state index contributed by atoms with van der Waals surface area (Å²) in [6, 6.07) is -3.89. The minimum absolute atomic E-state index is 0.152. The Labute approximate surface area is 167 Å². The standard InChI is InChI=1S/C16H30N6O7/c1-8(23)13(19)15(27)20-7-12(25)21-9(4-2-3-5-17)14(26)22-10(16(28)29)6-11(18)24/h8-10,13,23H,2-7,17,19H2,1H3,(H2,18,24)(H,20,27)(H,21,25)(H,22,26)(H,28,29). The van der Waals surface area contributed by atoms with Crippen LogP contribution in [0.3, 0.4) is 0 Å². The summed E-state index contributed by atoms with van der Waals surface area (Å²) in [5, 5.41) is 25.1. The molecule has 0 spiro atoms. The van der Waals surface area contributed by atoms with Gasteiger partial charge in [0.1, 0.15) is 18.1 Å². The fourth-order valence-electron chi connectivity index (χ4n) is 2.18. The molecule has 0 saturated heterocycles. The van der Waals surface area contributed by atoms with E-state index in [9.17, 15) is 29.1 Å². The van der Waals surface area contributed by atoms with Gasteiger partial charge in [-0.1, -0.05) is 0 Å². The van der Waals surface area contributed by atoms with Crippen molar-refractivity contribution in [3.63, 3.8) is 0 Å². The Bertz CT molecular complexity index is 598. The van der Waals surface area contributed by atoms with Crippen LogP contribution in [0.15, 0.2) is 0 Å². The molecule has 0 aliphatic heterocycles. The molecule has 0 fully saturated rings. The van der Waals surface area contributed by atoms with E-state index in [4.69, 9.17) is 22.3 Å². The summed E-state index contributed by atoms with van der Waals surface area (Å²) in [7, 11) is 0. The van der Waals surface area contributed by atoms with E-state index < -0.39 is 66.8 Å². The first-order valence-corrected chi connectivity index (χ1v) is 9.01. The first-order valence-electron chi connectivity index (χ1n) is 9.01. The topological polar surface area (TPSA) is 240 Å². The van der Waals surface area contributed by atoms with Crippen LogP contribution in [0.5, 0.6) is 0 Å². The largest absolute Gasteiger partial charge is 0.480 e. The van der Waals surface area contributed by atoms with Crippen LogP contribution in [0.4, 0.5) is 0 Å². The summed E-state index contributed by atoms with van der Waals surface area (Å²) in [6.45, 7) is 1.16. The number of carbonyl (C=O) groups is 5. The van der Waals surface area contributed by atoms with Crippen molar-refractivity contribution < 1.29 is 34.2 Å². The van der Waals surface area contributed by atoms with Gasteiger partial charge in [0.15, 0.2) is 0 Å². The lowest BCUT2D eigenvalue weighted by molar-refractivity contribution is -0.143. The number of carboxylic acids is 1. The van der Waals surface area contributed by atoms with Gasteiger partial charge in [-0.05, 0) is 32.7 Å². The van der Waals surface area contributed by atoms with Crippen LogP contribution in [0.1, 0.15) is 32.6 Å². The van der Waals surface area contributed by atoms with Crippen LogP contribution in [-0.4, -0.2) is 77.1 Å². The molecule has 0 aliphatic carbocycles. The highest BCUT2D eigenvalue weighted by Crippen LogP contribution is 2.03. The lowest BCUT2D eigenvalue weighted by Crippen LogP contribution is -2.54. The molecule has 4 unspecified atom stereocenters. The van der Waals surface area contributed by atoms with Crippen molar-refractivity contribution in [3.8, 4) is 0 Å². The smallest absolute Gasteiger partial charge is 0.326 e. The van der Waals surface area contributed by atoms with Crippen LogP contribution in [-0.2, 0) is 24.0 Å². The number of aliphatic carboxylic acids is 1. The highest BCUT2D eigenvalue weighted by molar-refractivity contribution is 5.93. The van der Waals surface area contributed by atoms with Crippen LogP contribution in [0.2, 0.25) is 0 Å². The normalized spacial score (nSPS) is 14.8. The van der Waals surface area contributed by atoms with E-state index in [1.54, 1.807) is 0 Å². The summed E-state index contributed by atoms with van der Waals surface area (Å²) in [6.07, 6.45) is -0.562. The second-order valence-electron chi connectivity index (χ2n) is 6.46. The third-order valence-corrected chi connectivity index (χ3v) is 3.86. The second kappa shape index (κ2) is 13.4. The van der Waals surface area contributed by atoms with Gasteiger partial charge in [-0.25, -0.2) is 4.79 Å². The van der Waals surface area contributed by atoms with Gasteiger partial charge in [0, 0.05) is 0 Å². The number of carboxylic acid groups (broad SMARTS) is 1. The SMILES string of the molecule is CC(O)C(N)C(=O)NCC(=O)NC(CCCCN)C(=O)NC(CC(N)=O)C(=O)O. The zero-order valence-corrected chi connectivity index (χ0v) is 16.2. The van der Waals surface area contributed by atoms with E-state index >= 15 is 0 Å². The van der Waals surface area contributed by atoms with Gasteiger partial charge in [-0.3, -0.25) is 19.2 Å². The summed E-state index contributed by atoms with van der Waals surface area (Å²) in [4.78, 5) is 58.2. The molecule has 0 rings (SSSR count). The first-order chi connectivity index (χ1) is 13.5. The average Bonchev–Trinajstić information content (AvgIpc) is 2.63. The number of carbonyl (C=O) groups excluding carboxylic acids is 4. The quantitative estimate of drug-likeness (QED) is 0.128. The van der Waals surface area contributed by atoms with Crippen molar-refractivity contribution in [2.75, 3.05) is 13.1 Å². The minimum Gasteiger partial charge on any atom is -0.480 e. The predicted octanol–water partition coefficient (Wildman–Crippen LogP) is -4.13. The number of aliphatic hydroxyl groups is 1. The molecule has 0 aromatic rings. The van der Waals surface area contributed by atoms with Crippen molar-refractivity contribution in [2.24, 2.45) is 17.2 Å². The van der Waals surface area contributed by atoms with Gasteiger partial charge in [-0.15, -0.1) is 0 Å². The Morgan fingerprint density at radius 3 is 2.10 bits per heavy atom. The summed E-state index contributed by atoms with van der Waals surface area (Å²) in [5.74, 6) is -4.68. The van der Waals surface area contributed by atoms with Crippen LogP contribution >= 0.6 is 0 Å². The van der Waals surface area contributed by atoms with Gasteiger partial charge in [-0.2, -0.15) is 0 Å². The third kappa shape index (κ3) is 11.0. The molecule has 0 heterocycles. The molecule has 29 heavy (non-hydrogen) atoms. The molecule has 4 amide bonds. The van der Waals surface area contributed by atoms with Gasteiger partial charge in [0.05, 0.1) is 19.1 Å². The van der Waals surface area contributed by atoms with E-state index in [-0.39, 0.29) is 6.42 Å². The molecule has 4 atom stereocenters. The molecule has 13 nitrogen and oxygen atoms in total. The van der Waals surface area contributed by atoms with Crippen LogP contribution in [0, 0.1) is 0 Å². The maximum Gasteiger partial charge on any atom is 0.326 e. The maximum atomic E-state index is 12.4. The lowest BCUT2D eigenvalue weighted by atomic mass is 10.1. The number of hydrogen-bond donors (Lipinski definition) is 8. The summed E-state index contributed by atoms with van der Waals surface area (Å²) >= 11 is 0. The van der Waals surface area contributed by atoms with Crippen molar-refractivity contribution in [1.29, 1.82) is 0 Å². The fourth-order valence-corrected chi connectivity index (χ4v) is 2.18. The van der Waals surface area contributed by atoms with E-state index in [1.165, 1.54) is 6.92 Å². The molecule has 166 valence electrons. The number of nitrogens with one attached hydrogen (secondary N) is 3. The van der Waals surface area contributed by atoms with E-state index in [0.29, 0.717) is 19.4 Å². The molecule has 11 N–H and O–H groups in total. The Kier molecular flexibility index (Phi) is 12.1. The average molecular weight is 418 g/mol. The van der Waals surface area contributed by atoms with E-state index in [1.807, 2.05) is 0 Å². The van der Waals surface area contributed by atoms with Crippen LogP contribution in [0.25, 0.3) is 0 Å². The highest BCUT2D eigenvalue weighted by atomic mass is 16.4. The molecular formula is C16H30N6O7. The van der Waals surface area contributed by atoms with Crippen LogP contribution < -0.4 is 33.2 Å². The third-order valence-electron chi connectivity index (χ3n) is 3.86. The Balaban J connectivity index is 4.95. The number of rotatable bonds is 14. The Morgan fingerprint density at radius 2 is 1.62 bits per heavy atom. The minimum atomic E-state index is -1.54. The fraction of sp³-hybridized carbons (Fsp3) is 0.688. The van der Waals surface area contributed by atoms with Gasteiger partial charge >= 0.3 is 5.97 Å². The Morgan fingerprint density at radius 1 is 1.00 bits per heavy atom. The molecule has 0 aliphatic rings. The molecule has 0 saturated carbocycles. The lowest BCUT2D eigenvalue weighted by Gasteiger charge is -2.21. The summed E-state index contributed by atoms with van der Waals surface area (Å²) in [5.41, 5.74) is 15.8. The molecule has 0 aromatic heterocycles. The Hall–Kier alpha value is -2.77. The number of aliphatic hydroxyl groups excluding tert-OH is 1.